The first-order valence-electron chi connectivity index (χ1n) is 4.93. The van der Waals surface area contributed by atoms with Crippen molar-refractivity contribution in [3.05, 3.63) is 29.8 Å². The van der Waals surface area contributed by atoms with Gasteiger partial charge in [0.1, 0.15) is 0 Å². The van der Waals surface area contributed by atoms with Gasteiger partial charge in [-0.15, -0.1) is 11.8 Å². The SMILES string of the molecule is COC(=O)CSc1ccc(C(C)C)cc1. The maximum atomic E-state index is 10.9. The van der Waals surface area contributed by atoms with Crippen molar-refractivity contribution in [3.8, 4) is 0 Å². The molecule has 0 N–H and O–H groups in total. The van der Waals surface area contributed by atoms with Crippen LogP contribution in [0.4, 0.5) is 0 Å². The Morgan fingerprint density at radius 2 is 1.93 bits per heavy atom. The number of hydrogen-bond donors (Lipinski definition) is 0. The van der Waals surface area contributed by atoms with Crippen LogP contribution in [0.25, 0.3) is 0 Å². The molecule has 0 fully saturated rings. The molecule has 0 spiro atoms. The van der Waals surface area contributed by atoms with Gasteiger partial charge < -0.3 is 4.74 Å². The summed E-state index contributed by atoms with van der Waals surface area (Å²) >= 11 is 1.50. The Kier molecular flexibility index (Phi) is 4.69. The molecule has 2 nitrogen and oxygen atoms in total. The van der Waals surface area contributed by atoms with E-state index in [-0.39, 0.29) is 5.97 Å². The highest BCUT2D eigenvalue weighted by Crippen LogP contribution is 2.21. The standard InChI is InChI=1S/C12H16O2S/c1-9(2)10-4-6-11(7-5-10)15-8-12(13)14-3/h4-7,9H,8H2,1-3H3. The minimum absolute atomic E-state index is 0.187. The van der Waals surface area contributed by atoms with E-state index >= 15 is 0 Å². The van der Waals surface area contributed by atoms with E-state index in [1.165, 1.54) is 24.4 Å². The summed E-state index contributed by atoms with van der Waals surface area (Å²) in [5.41, 5.74) is 1.32. The highest BCUT2D eigenvalue weighted by Gasteiger charge is 2.03. The van der Waals surface area contributed by atoms with Gasteiger partial charge in [-0.25, -0.2) is 0 Å². The molecule has 82 valence electrons. The van der Waals surface area contributed by atoms with E-state index in [1.807, 2.05) is 12.1 Å². The van der Waals surface area contributed by atoms with Gasteiger partial charge in [0.05, 0.1) is 12.9 Å². The number of ether oxygens (including phenoxy) is 1. The van der Waals surface area contributed by atoms with E-state index in [0.29, 0.717) is 11.7 Å². The second-order valence-electron chi connectivity index (χ2n) is 3.59. The molecule has 1 aromatic rings. The van der Waals surface area contributed by atoms with Gasteiger partial charge in [0, 0.05) is 4.90 Å². The van der Waals surface area contributed by atoms with Crippen molar-refractivity contribution in [1.82, 2.24) is 0 Å². The zero-order chi connectivity index (χ0) is 11.3. The predicted octanol–water partition coefficient (Wildman–Crippen LogP) is 3.08. The van der Waals surface area contributed by atoms with Crippen LogP contribution in [0.15, 0.2) is 29.2 Å². The second-order valence-corrected chi connectivity index (χ2v) is 4.64. The van der Waals surface area contributed by atoms with Crippen molar-refractivity contribution in [2.75, 3.05) is 12.9 Å². The fraction of sp³-hybridized carbons (Fsp3) is 0.417. The quantitative estimate of drug-likeness (QED) is 0.581. The van der Waals surface area contributed by atoms with Crippen molar-refractivity contribution in [2.45, 2.75) is 24.7 Å². The highest BCUT2D eigenvalue weighted by molar-refractivity contribution is 8.00. The second kappa shape index (κ2) is 5.81. The van der Waals surface area contributed by atoms with Crippen LogP contribution >= 0.6 is 11.8 Å². The van der Waals surface area contributed by atoms with Crippen LogP contribution in [-0.2, 0) is 9.53 Å². The first kappa shape index (κ1) is 12.1. The van der Waals surface area contributed by atoms with Crippen molar-refractivity contribution < 1.29 is 9.53 Å². The normalized spacial score (nSPS) is 10.4. The zero-order valence-electron chi connectivity index (χ0n) is 9.32. The van der Waals surface area contributed by atoms with Gasteiger partial charge in [0.25, 0.3) is 0 Å². The molecule has 0 atom stereocenters. The van der Waals surface area contributed by atoms with Gasteiger partial charge in [-0.05, 0) is 23.6 Å². The Hall–Kier alpha value is -0.960. The zero-order valence-corrected chi connectivity index (χ0v) is 10.1. The van der Waals surface area contributed by atoms with Crippen LogP contribution in [0.2, 0.25) is 0 Å². The number of methoxy groups -OCH3 is 1. The molecule has 0 bridgehead atoms. The number of benzene rings is 1. The molecule has 0 unspecified atom stereocenters. The summed E-state index contributed by atoms with van der Waals surface area (Å²) < 4.78 is 4.57. The summed E-state index contributed by atoms with van der Waals surface area (Å²) in [6.45, 7) is 4.33. The van der Waals surface area contributed by atoms with Crippen molar-refractivity contribution >= 4 is 17.7 Å². The fourth-order valence-corrected chi connectivity index (χ4v) is 1.88. The Morgan fingerprint density at radius 1 is 1.33 bits per heavy atom. The van der Waals surface area contributed by atoms with Gasteiger partial charge >= 0.3 is 5.97 Å². The number of rotatable bonds is 4. The number of hydrogen-bond acceptors (Lipinski definition) is 3. The molecule has 0 aliphatic heterocycles. The van der Waals surface area contributed by atoms with Crippen LogP contribution in [0, 0.1) is 0 Å². The summed E-state index contributed by atoms with van der Waals surface area (Å²) in [6, 6.07) is 8.29. The van der Waals surface area contributed by atoms with Gasteiger partial charge in [0.15, 0.2) is 0 Å². The Labute approximate surface area is 95.0 Å². The molecule has 1 rings (SSSR count). The first-order valence-corrected chi connectivity index (χ1v) is 5.91. The number of esters is 1. The molecule has 0 aliphatic carbocycles. The lowest BCUT2D eigenvalue weighted by Gasteiger charge is -2.06. The van der Waals surface area contributed by atoms with Gasteiger partial charge in [-0.2, -0.15) is 0 Å². The van der Waals surface area contributed by atoms with Crippen molar-refractivity contribution in [3.63, 3.8) is 0 Å². The molecule has 0 saturated heterocycles. The van der Waals surface area contributed by atoms with E-state index in [2.05, 4.69) is 30.7 Å². The lowest BCUT2D eigenvalue weighted by molar-refractivity contribution is -0.137. The molecular formula is C12H16O2S. The molecule has 0 saturated carbocycles. The molecule has 1 aromatic carbocycles. The molecule has 0 aliphatic rings. The first-order chi connectivity index (χ1) is 7.13. The third-order valence-corrected chi connectivity index (χ3v) is 3.12. The number of carbonyl (C=O) groups is 1. The molecule has 15 heavy (non-hydrogen) atoms. The van der Waals surface area contributed by atoms with Crippen LogP contribution in [-0.4, -0.2) is 18.8 Å². The van der Waals surface area contributed by atoms with E-state index in [9.17, 15) is 4.79 Å². The summed E-state index contributed by atoms with van der Waals surface area (Å²) in [5.74, 6) is 0.731. The molecule has 0 radical (unpaired) electrons. The lowest BCUT2D eigenvalue weighted by Crippen LogP contribution is -2.02. The Bertz CT molecular complexity index is 317. The van der Waals surface area contributed by atoms with E-state index in [1.54, 1.807) is 0 Å². The van der Waals surface area contributed by atoms with Crippen LogP contribution in [0.1, 0.15) is 25.3 Å². The maximum Gasteiger partial charge on any atom is 0.315 e. The van der Waals surface area contributed by atoms with Gasteiger partial charge in [-0.1, -0.05) is 26.0 Å². The smallest absolute Gasteiger partial charge is 0.315 e. The third-order valence-electron chi connectivity index (χ3n) is 2.13. The monoisotopic (exact) mass is 224 g/mol. The minimum Gasteiger partial charge on any atom is -0.468 e. The molecule has 0 heterocycles. The molecule has 0 amide bonds. The summed E-state index contributed by atoms with van der Waals surface area (Å²) in [7, 11) is 1.41. The summed E-state index contributed by atoms with van der Waals surface area (Å²) in [6.07, 6.45) is 0. The molecular weight excluding hydrogens is 208 g/mol. The Balaban J connectivity index is 2.53. The van der Waals surface area contributed by atoms with Crippen molar-refractivity contribution in [1.29, 1.82) is 0 Å². The minimum atomic E-state index is -0.187. The van der Waals surface area contributed by atoms with Crippen LogP contribution < -0.4 is 0 Å². The fourth-order valence-electron chi connectivity index (χ4n) is 1.15. The largest absolute Gasteiger partial charge is 0.468 e. The summed E-state index contributed by atoms with van der Waals surface area (Å²) in [5, 5.41) is 0. The van der Waals surface area contributed by atoms with Gasteiger partial charge in [0.2, 0.25) is 0 Å². The Morgan fingerprint density at radius 3 is 2.40 bits per heavy atom. The molecule has 3 heteroatoms. The van der Waals surface area contributed by atoms with Crippen molar-refractivity contribution in [2.24, 2.45) is 0 Å². The third kappa shape index (κ3) is 3.96. The lowest BCUT2D eigenvalue weighted by atomic mass is 10.0. The number of thioether (sulfide) groups is 1. The predicted molar refractivity (Wildman–Crippen MR) is 63.3 cm³/mol. The van der Waals surface area contributed by atoms with E-state index in [4.69, 9.17) is 0 Å². The van der Waals surface area contributed by atoms with E-state index < -0.39 is 0 Å². The highest BCUT2D eigenvalue weighted by atomic mass is 32.2. The maximum absolute atomic E-state index is 10.9. The molecule has 0 aromatic heterocycles. The summed E-state index contributed by atoms with van der Waals surface area (Å²) in [4.78, 5) is 12.0. The topological polar surface area (TPSA) is 26.3 Å². The average molecular weight is 224 g/mol. The number of carbonyl (C=O) groups excluding carboxylic acids is 1. The van der Waals surface area contributed by atoms with Gasteiger partial charge in [-0.3, -0.25) is 4.79 Å². The average Bonchev–Trinajstić information content (AvgIpc) is 2.26. The van der Waals surface area contributed by atoms with E-state index in [0.717, 1.165) is 4.90 Å². The van der Waals surface area contributed by atoms with Crippen LogP contribution in [0.5, 0.6) is 0 Å². The van der Waals surface area contributed by atoms with Crippen LogP contribution in [0.3, 0.4) is 0 Å².